The standard InChI is InChI=1S/C15H10Br2FN3/c16-9-4-1-3-8(7-9)12-14(20-21-15(12)19)13-10(17)5-2-6-11(13)18/h1-7H,(H3,19,20,21). The molecule has 2 aromatic carbocycles. The Hall–Kier alpha value is -1.66. The highest BCUT2D eigenvalue weighted by molar-refractivity contribution is 9.10. The van der Waals surface area contributed by atoms with Crippen LogP contribution in [0.3, 0.4) is 0 Å². The summed E-state index contributed by atoms with van der Waals surface area (Å²) in [6.45, 7) is 0. The molecule has 1 aromatic heterocycles. The van der Waals surface area contributed by atoms with Gasteiger partial charge in [-0.2, -0.15) is 5.10 Å². The third-order valence-electron chi connectivity index (χ3n) is 3.12. The van der Waals surface area contributed by atoms with Gasteiger partial charge in [-0.05, 0) is 45.8 Å². The molecule has 0 bridgehead atoms. The molecule has 0 fully saturated rings. The van der Waals surface area contributed by atoms with E-state index in [1.165, 1.54) is 6.07 Å². The summed E-state index contributed by atoms with van der Waals surface area (Å²) >= 11 is 6.80. The first-order valence-corrected chi connectivity index (χ1v) is 7.70. The van der Waals surface area contributed by atoms with Crippen LogP contribution in [0.5, 0.6) is 0 Å². The molecule has 0 saturated carbocycles. The van der Waals surface area contributed by atoms with Gasteiger partial charge in [-0.1, -0.05) is 34.1 Å². The number of halogens is 3. The van der Waals surface area contributed by atoms with Gasteiger partial charge in [0.25, 0.3) is 0 Å². The highest BCUT2D eigenvalue weighted by atomic mass is 79.9. The van der Waals surface area contributed by atoms with Crippen molar-refractivity contribution in [2.75, 3.05) is 5.73 Å². The van der Waals surface area contributed by atoms with Crippen molar-refractivity contribution in [2.24, 2.45) is 0 Å². The average molecular weight is 411 g/mol. The first-order chi connectivity index (χ1) is 10.1. The van der Waals surface area contributed by atoms with Gasteiger partial charge in [0.2, 0.25) is 0 Å². The van der Waals surface area contributed by atoms with Crippen molar-refractivity contribution in [2.45, 2.75) is 0 Å². The van der Waals surface area contributed by atoms with E-state index in [0.717, 1.165) is 10.0 Å². The Bertz CT molecular complexity index is 794. The van der Waals surface area contributed by atoms with Gasteiger partial charge in [-0.25, -0.2) is 4.39 Å². The summed E-state index contributed by atoms with van der Waals surface area (Å²) in [6.07, 6.45) is 0. The van der Waals surface area contributed by atoms with Crippen LogP contribution in [0.2, 0.25) is 0 Å². The van der Waals surface area contributed by atoms with Gasteiger partial charge in [-0.3, -0.25) is 5.10 Å². The van der Waals surface area contributed by atoms with E-state index in [2.05, 4.69) is 42.1 Å². The van der Waals surface area contributed by atoms with E-state index in [0.29, 0.717) is 27.1 Å². The molecule has 0 aliphatic carbocycles. The van der Waals surface area contributed by atoms with Crippen LogP contribution >= 0.6 is 31.9 Å². The Morgan fingerprint density at radius 3 is 2.52 bits per heavy atom. The first-order valence-electron chi connectivity index (χ1n) is 6.12. The minimum absolute atomic E-state index is 0.332. The summed E-state index contributed by atoms with van der Waals surface area (Å²) in [4.78, 5) is 0. The van der Waals surface area contributed by atoms with Gasteiger partial charge >= 0.3 is 0 Å². The lowest BCUT2D eigenvalue weighted by Gasteiger charge is -2.08. The molecule has 3 nitrogen and oxygen atoms in total. The van der Waals surface area contributed by atoms with Crippen molar-refractivity contribution in [3.8, 4) is 22.4 Å². The van der Waals surface area contributed by atoms with Crippen molar-refractivity contribution >= 4 is 37.7 Å². The Balaban J connectivity index is 2.27. The van der Waals surface area contributed by atoms with Gasteiger partial charge < -0.3 is 5.73 Å². The van der Waals surface area contributed by atoms with Crippen LogP contribution in [0, 0.1) is 5.82 Å². The summed E-state index contributed by atoms with van der Waals surface area (Å²) in [6, 6.07) is 12.5. The fourth-order valence-electron chi connectivity index (χ4n) is 2.21. The van der Waals surface area contributed by atoms with E-state index < -0.39 is 0 Å². The zero-order valence-electron chi connectivity index (χ0n) is 10.7. The van der Waals surface area contributed by atoms with E-state index >= 15 is 0 Å². The molecule has 0 saturated heterocycles. The zero-order chi connectivity index (χ0) is 15.0. The molecule has 0 aliphatic rings. The molecule has 6 heteroatoms. The van der Waals surface area contributed by atoms with Crippen LogP contribution in [0.4, 0.5) is 10.2 Å². The maximum Gasteiger partial charge on any atom is 0.153 e. The maximum atomic E-state index is 14.2. The van der Waals surface area contributed by atoms with Crippen molar-refractivity contribution in [3.05, 3.63) is 57.2 Å². The lowest BCUT2D eigenvalue weighted by atomic mass is 10.0. The molecule has 21 heavy (non-hydrogen) atoms. The molecule has 106 valence electrons. The number of nitrogens with two attached hydrogens (primary N) is 1. The van der Waals surface area contributed by atoms with Crippen molar-refractivity contribution < 1.29 is 4.39 Å². The van der Waals surface area contributed by atoms with Crippen LogP contribution in [0.1, 0.15) is 0 Å². The Morgan fingerprint density at radius 2 is 1.81 bits per heavy atom. The Labute approximate surface area is 137 Å². The molecule has 0 amide bonds. The highest BCUT2D eigenvalue weighted by Gasteiger charge is 2.19. The summed E-state index contributed by atoms with van der Waals surface area (Å²) in [5, 5.41) is 6.86. The van der Waals surface area contributed by atoms with E-state index in [4.69, 9.17) is 5.73 Å². The number of anilines is 1. The van der Waals surface area contributed by atoms with Gasteiger partial charge in [0.05, 0.1) is 16.8 Å². The number of nitrogens with zero attached hydrogens (tertiary/aromatic N) is 1. The fourth-order valence-corrected chi connectivity index (χ4v) is 3.15. The van der Waals surface area contributed by atoms with E-state index in [1.807, 2.05) is 24.3 Å². The van der Waals surface area contributed by atoms with Crippen molar-refractivity contribution in [1.82, 2.24) is 10.2 Å². The van der Waals surface area contributed by atoms with Crippen molar-refractivity contribution in [3.63, 3.8) is 0 Å². The van der Waals surface area contributed by atoms with Gasteiger partial charge in [0.15, 0.2) is 5.82 Å². The summed E-state index contributed by atoms with van der Waals surface area (Å²) in [7, 11) is 0. The molecule has 0 radical (unpaired) electrons. The largest absolute Gasteiger partial charge is 0.382 e. The van der Waals surface area contributed by atoms with Crippen LogP contribution in [0.15, 0.2) is 51.4 Å². The number of hydrogen-bond acceptors (Lipinski definition) is 2. The average Bonchev–Trinajstić information content (AvgIpc) is 2.80. The van der Waals surface area contributed by atoms with Crippen LogP contribution in [-0.4, -0.2) is 10.2 Å². The number of rotatable bonds is 2. The van der Waals surface area contributed by atoms with E-state index in [9.17, 15) is 4.39 Å². The number of aromatic nitrogens is 2. The normalized spacial score (nSPS) is 10.8. The fraction of sp³-hybridized carbons (Fsp3) is 0. The van der Waals surface area contributed by atoms with Gasteiger partial charge in [0.1, 0.15) is 5.82 Å². The molecule has 0 aliphatic heterocycles. The predicted molar refractivity (Wildman–Crippen MR) is 89.2 cm³/mol. The van der Waals surface area contributed by atoms with E-state index in [1.54, 1.807) is 12.1 Å². The summed E-state index contributed by atoms with van der Waals surface area (Å²) < 4.78 is 15.7. The van der Waals surface area contributed by atoms with E-state index in [-0.39, 0.29) is 5.82 Å². The molecule has 3 N–H and O–H groups in total. The second-order valence-electron chi connectivity index (χ2n) is 4.47. The number of H-pyrrole nitrogens is 1. The maximum absolute atomic E-state index is 14.2. The van der Waals surface area contributed by atoms with Crippen LogP contribution in [0.25, 0.3) is 22.4 Å². The molecule has 3 aromatic rings. The van der Waals surface area contributed by atoms with Gasteiger partial charge in [0, 0.05) is 8.95 Å². The minimum atomic E-state index is -0.343. The Morgan fingerprint density at radius 1 is 1.05 bits per heavy atom. The second kappa shape index (κ2) is 5.61. The number of nitrogen functional groups attached to an aromatic ring is 1. The Kier molecular flexibility index (Phi) is 3.82. The van der Waals surface area contributed by atoms with Crippen molar-refractivity contribution in [1.29, 1.82) is 0 Å². The predicted octanol–water partition coefficient (Wildman–Crippen LogP) is 4.99. The lowest BCUT2D eigenvalue weighted by molar-refractivity contribution is 0.630. The minimum Gasteiger partial charge on any atom is -0.382 e. The van der Waals surface area contributed by atoms with Crippen LogP contribution in [-0.2, 0) is 0 Å². The molecular weight excluding hydrogens is 401 g/mol. The quantitative estimate of drug-likeness (QED) is 0.625. The molecule has 0 spiro atoms. The molecule has 3 rings (SSSR count). The van der Waals surface area contributed by atoms with Gasteiger partial charge in [-0.15, -0.1) is 0 Å². The smallest absolute Gasteiger partial charge is 0.153 e. The number of nitrogens with one attached hydrogen (secondary N) is 1. The third kappa shape index (κ3) is 2.61. The molecule has 0 atom stereocenters. The monoisotopic (exact) mass is 409 g/mol. The SMILES string of the molecule is Nc1n[nH]c(-c2c(F)cccc2Br)c1-c1cccc(Br)c1. The topological polar surface area (TPSA) is 54.7 Å². The highest BCUT2D eigenvalue weighted by Crippen LogP contribution is 2.39. The number of hydrogen-bond donors (Lipinski definition) is 2. The summed E-state index contributed by atoms with van der Waals surface area (Å²) in [5.41, 5.74) is 8.47. The van der Waals surface area contributed by atoms with Crippen LogP contribution < -0.4 is 5.73 Å². The zero-order valence-corrected chi connectivity index (χ0v) is 13.9. The molecule has 1 heterocycles. The second-order valence-corrected chi connectivity index (χ2v) is 6.24. The first kappa shape index (κ1) is 14.3. The molecule has 0 unspecified atom stereocenters. The molecular formula is C15H10Br2FN3. The lowest BCUT2D eigenvalue weighted by Crippen LogP contribution is -1.91. The number of benzene rings is 2. The summed E-state index contributed by atoms with van der Waals surface area (Å²) in [5.74, 6) is -0.0116. The number of aromatic amines is 1. The third-order valence-corrected chi connectivity index (χ3v) is 4.27.